The molecule has 1 N–H and O–H groups in total. The number of carbonyl (C=O) groups is 2. The number of aliphatic carboxylic acids is 1. The highest BCUT2D eigenvalue weighted by molar-refractivity contribution is 5.79. The van der Waals surface area contributed by atoms with Gasteiger partial charge in [0.25, 0.3) is 0 Å². The van der Waals surface area contributed by atoms with Crippen molar-refractivity contribution in [3.63, 3.8) is 0 Å². The van der Waals surface area contributed by atoms with Crippen LogP contribution in [0.3, 0.4) is 0 Å². The van der Waals surface area contributed by atoms with Crippen LogP contribution in [0.1, 0.15) is 51.9 Å². The molecule has 5 heteroatoms. The summed E-state index contributed by atoms with van der Waals surface area (Å²) in [4.78, 5) is 27.8. The number of carboxylic acid groups (broad SMARTS) is 1. The first-order valence-corrected chi connectivity index (χ1v) is 8.35. The Hall–Kier alpha value is -1.10. The predicted molar refractivity (Wildman–Crippen MR) is 78.9 cm³/mol. The van der Waals surface area contributed by atoms with Crippen molar-refractivity contribution in [3.05, 3.63) is 0 Å². The number of likely N-dealkylation sites (N-methyl/N-ethyl adjacent to an activating group) is 1. The van der Waals surface area contributed by atoms with Gasteiger partial charge in [-0.15, -0.1) is 0 Å². The molecule has 0 radical (unpaired) electrons. The number of hydrogen-bond acceptors (Lipinski definition) is 3. The molecule has 3 fully saturated rings. The number of amides is 1. The Morgan fingerprint density at radius 3 is 2.24 bits per heavy atom. The Kier molecular flexibility index (Phi) is 4.20. The number of carboxylic acids is 1. The Labute approximate surface area is 126 Å². The van der Waals surface area contributed by atoms with Crippen molar-refractivity contribution in [2.75, 3.05) is 13.1 Å². The van der Waals surface area contributed by atoms with Crippen LogP contribution in [-0.2, 0) is 9.59 Å². The van der Waals surface area contributed by atoms with E-state index >= 15 is 0 Å². The van der Waals surface area contributed by atoms with Crippen LogP contribution in [0.4, 0.5) is 0 Å². The minimum atomic E-state index is -0.685. The van der Waals surface area contributed by atoms with Gasteiger partial charge in [-0.05, 0) is 51.4 Å². The molecule has 0 aromatic rings. The second-order valence-corrected chi connectivity index (χ2v) is 6.90. The van der Waals surface area contributed by atoms with Gasteiger partial charge in [-0.1, -0.05) is 0 Å². The Bertz CT molecular complexity index is 408. The fourth-order valence-electron chi connectivity index (χ4n) is 4.33. The first-order valence-electron chi connectivity index (χ1n) is 8.35. The maximum absolute atomic E-state index is 12.5. The third-order valence-electron chi connectivity index (χ3n) is 5.41. The summed E-state index contributed by atoms with van der Waals surface area (Å²) in [7, 11) is 0. The SMILES string of the molecule is CCN(C(=O)CN1C2CCC1CC(CC(=O)O)C2)C1CC1. The highest BCUT2D eigenvalue weighted by atomic mass is 16.4. The maximum Gasteiger partial charge on any atom is 0.303 e. The fourth-order valence-corrected chi connectivity index (χ4v) is 4.33. The van der Waals surface area contributed by atoms with Gasteiger partial charge >= 0.3 is 5.97 Å². The summed E-state index contributed by atoms with van der Waals surface area (Å²) in [5.74, 6) is -0.111. The van der Waals surface area contributed by atoms with Crippen molar-refractivity contribution in [1.29, 1.82) is 0 Å². The number of piperidine rings is 1. The van der Waals surface area contributed by atoms with Gasteiger partial charge in [0.15, 0.2) is 0 Å². The molecule has 3 rings (SSSR count). The van der Waals surface area contributed by atoms with E-state index in [0.29, 0.717) is 30.6 Å². The molecular formula is C16H26N2O3. The third-order valence-corrected chi connectivity index (χ3v) is 5.41. The lowest BCUT2D eigenvalue weighted by Crippen LogP contribution is -2.49. The standard InChI is InChI=1S/C16H26N2O3/c1-2-17(12-3-4-12)15(19)10-18-13-5-6-14(18)8-11(7-13)9-16(20)21/h11-14H,2-10H2,1H3,(H,20,21). The quantitative estimate of drug-likeness (QED) is 0.810. The van der Waals surface area contributed by atoms with Gasteiger partial charge in [-0.25, -0.2) is 0 Å². The highest BCUT2D eigenvalue weighted by Crippen LogP contribution is 2.40. The summed E-state index contributed by atoms with van der Waals surface area (Å²) in [5.41, 5.74) is 0. The van der Waals surface area contributed by atoms with Gasteiger partial charge in [0.1, 0.15) is 0 Å². The Balaban J connectivity index is 1.57. The molecule has 118 valence electrons. The van der Waals surface area contributed by atoms with Crippen LogP contribution in [0.2, 0.25) is 0 Å². The summed E-state index contributed by atoms with van der Waals surface area (Å²) in [5, 5.41) is 8.97. The van der Waals surface area contributed by atoms with Gasteiger partial charge in [0.05, 0.1) is 6.54 Å². The van der Waals surface area contributed by atoms with E-state index in [9.17, 15) is 9.59 Å². The zero-order chi connectivity index (χ0) is 15.0. The van der Waals surface area contributed by atoms with Crippen molar-refractivity contribution in [1.82, 2.24) is 9.80 Å². The number of rotatable bonds is 6. The average molecular weight is 294 g/mol. The summed E-state index contributed by atoms with van der Waals surface area (Å²) < 4.78 is 0. The van der Waals surface area contributed by atoms with Crippen molar-refractivity contribution in [3.8, 4) is 0 Å². The third kappa shape index (κ3) is 3.23. The average Bonchev–Trinajstić information content (AvgIpc) is 3.20. The van der Waals surface area contributed by atoms with Crippen LogP contribution in [0, 0.1) is 5.92 Å². The smallest absolute Gasteiger partial charge is 0.303 e. The minimum absolute atomic E-state index is 0.272. The zero-order valence-electron chi connectivity index (χ0n) is 12.8. The fraction of sp³-hybridized carbons (Fsp3) is 0.875. The predicted octanol–water partition coefficient (Wildman–Crippen LogP) is 1.71. The lowest BCUT2D eigenvalue weighted by atomic mass is 9.88. The van der Waals surface area contributed by atoms with Gasteiger partial charge in [-0.3, -0.25) is 14.5 Å². The van der Waals surface area contributed by atoms with Crippen molar-refractivity contribution < 1.29 is 14.7 Å². The molecular weight excluding hydrogens is 268 g/mol. The number of carbonyl (C=O) groups excluding carboxylic acids is 1. The molecule has 0 spiro atoms. The van der Waals surface area contributed by atoms with Crippen molar-refractivity contribution in [2.45, 2.75) is 70.0 Å². The summed E-state index contributed by atoms with van der Waals surface area (Å²) in [6, 6.07) is 1.34. The van der Waals surface area contributed by atoms with E-state index in [1.54, 1.807) is 0 Å². The number of nitrogens with zero attached hydrogens (tertiary/aromatic N) is 2. The van der Waals surface area contributed by atoms with Crippen LogP contribution >= 0.6 is 0 Å². The summed E-state index contributed by atoms with van der Waals surface area (Å²) in [6.07, 6.45) is 6.77. The summed E-state index contributed by atoms with van der Waals surface area (Å²) >= 11 is 0. The first kappa shape index (κ1) is 14.8. The highest BCUT2D eigenvalue weighted by Gasteiger charge is 2.43. The molecule has 1 amide bonds. The topological polar surface area (TPSA) is 60.9 Å². The monoisotopic (exact) mass is 294 g/mol. The van der Waals surface area contributed by atoms with Crippen LogP contribution < -0.4 is 0 Å². The molecule has 2 aliphatic heterocycles. The largest absolute Gasteiger partial charge is 0.481 e. The van der Waals surface area contributed by atoms with E-state index < -0.39 is 5.97 Å². The molecule has 0 aromatic heterocycles. The molecule has 2 atom stereocenters. The van der Waals surface area contributed by atoms with E-state index in [0.717, 1.165) is 45.1 Å². The van der Waals surface area contributed by atoms with E-state index in [4.69, 9.17) is 5.11 Å². The molecule has 21 heavy (non-hydrogen) atoms. The lowest BCUT2D eigenvalue weighted by Gasteiger charge is -2.39. The molecule has 5 nitrogen and oxygen atoms in total. The normalized spacial score (nSPS) is 32.1. The van der Waals surface area contributed by atoms with Gasteiger partial charge in [0.2, 0.25) is 5.91 Å². The van der Waals surface area contributed by atoms with Crippen molar-refractivity contribution >= 4 is 11.9 Å². The number of fused-ring (bicyclic) bond motifs is 2. The molecule has 2 unspecified atom stereocenters. The van der Waals surface area contributed by atoms with E-state index in [1.165, 1.54) is 0 Å². The summed E-state index contributed by atoms with van der Waals surface area (Å²) in [6.45, 7) is 3.41. The van der Waals surface area contributed by atoms with Crippen LogP contribution in [-0.4, -0.2) is 58.0 Å². The molecule has 1 saturated carbocycles. The van der Waals surface area contributed by atoms with Gasteiger partial charge in [-0.2, -0.15) is 0 Å². The van der Waals surface area contributed by atoms with Crippen LogP contribution in [0.25, 0.3) is 0 Å². The zero-order valence-corrected chi connectivity index (χ0v) is 12.8. The number of hydrogen-bond donors (Lipinski definition) is 1. The second-order valence-electron chi connectivity index (χ2n) is 6.90. The maximum atomic E-state index is 12.5. The Morgan fingerprint density at radius 1 is 1.14 bits per heavy atom. The van der Waals surface area contributed by atoms with Gasteiger partial charge < -0.3 is 10.0 Å². The van der Waals surface area contributed by atoms with Crippen LogP contribution in [0.5, 0.6) is 0 Å². The van der Waals surface area contributed by atoms with Gasteiger partial charge in [0, 0.05) is 31.1 Å². The molecule has 0 aromatic carbocycles. The molecule has 1 aliphatic carbocycles. The molecule has 2 heterocycles. The van der Waals surface area contributed by atoms with Crippen LogP contribution in [0.15, 0.2) is 0 Å². The molecule has 3 aliphatic rings. The van der Waals surface area contributed by atoms with E-state index in [-0.39, 0.29) is 12.3 Å². The lowest BCUT2D eigenvalue weighted by molar-refractivity contribution is -0.139. The van der Waals surface area contributed by atoms with E-state index in [1.807, 2.05) is 4.90 Å². The molecule has 2 saturated heterocycles. The Morgan fingerprint density at radius 2 is 1.76 bits per heavy atom. The molecule has 2 bridgehead atoms. The first-order chi connectivity index (χ1) is 10.1. The van der Waals surface area contributed by atoms with Crippen molar-refractivity contribution in [2.24, 2.45) is 5.92 Å². The minimum Gasteiger partial charge on any atom is -0.481 e. The van der Waals surface area contributed by atoms with E-state index in [2.05, 4.69) is 11.8 Å². The second kappa shape index (κ2) is 5.95.